The van der Waals surface area contributed by atoms with Crippen LogP contribution in [0.2, 0.25) is 0 Å². The molecule has 0 saturated carbocycles. The summed E-state index contributed by atoms with van der Waals surface area (Å²) < 4.78 is 56.6. The summed E-state index contributed by atoms with van der Waals surface area (Å²) in [7, 11) is 0. The van der Waals surface area contributed by atoms with Crippen molar-refractivity contribution in [3.05, 3.63) is 89.0 Å². The van der Waals surface area contributed by atoms with Gasteiger partial charge in [0.05, 0.1) is 23.7 Å². The number of Topliss-reactive ketones (excluding diaryl/α,β-unsaturated/α-hetero) is 1. The molecule has 3 atom stereocenters. The summed E-state index contributed by atoms with van der Waals surface area (Å²) in [6.07, 6.45) is 5.54. The summed E-state index contributed by atoms with van der Waals surface area (Å²) in [4.78, 5) is 39.6. The Bertz CT molecular complexity index is 1360. The maximum atomic E-state index is 13.7. The van der Waals surface area contributed by atoms with Crippen molar-refractivity contribution in [1.29, 1.82) is 0 Å². The van der Waals surface area contributed by atoms with Gasteiger partial charge in [0.1, 0.15) is 6.10 Å². The molecule has 0 bridgehead atoms. The molecule has 1 aliphatic carbocycles. The van der Waals surface area contributed by atoms with Crippen LogP contribution in [-0.4, -0.2) is 49.3 Å². The maximum Gasteiger partial charge on any atom is 0.414 e. The second kappa shape index (κ2) is 19.2. The molecule has 0 amide bonds. The molecule has 6 nitrogen and oxygen atoms in total. The number of alkyl halides is 3. The van der Waals surface area contributed by atoms with Crippen molar-refractivity contribution in [2.24, 2.45) is 0 Å². The molecule has 9 heteroatoms. The molecular formula is C38H47F3O6. The van der Waals surface area contributed by atoms with Crippen molar-refractivity contribution < 1.29 is 41.8 Å². The predicted octanol–water partition coefficient (Wildman–Crippen LogP) is 9.58. The SMILES string of the molecule is CCCCCCOC(CCOC(=O)c1ccccc1C1C=CC=C(c2ccc(C(=O)OC(CCC)CCCC)cc2)C1=O)C(F)(F)F. The van der Waals surface area contributed by atoms with E-state index in [1.165, 1.54) is 6.07 Å². The molecule has 47 heavy (non-hydrogen) atoms. The number of halogens is 3. The lowest BCUT2D eigenvalue weighted by molar-refractivity contribution is -0.224. The molecule has 2 aromatic carbocycles. The zero-order chi connectivity index (χ0) is 34.2. The fourth-order valence-electron chi connectivity index (χ4n) is 5.49. The first-order valence-electron chi connectivity index (χ1n) is 16.8. The smallest absolute Gasteiger partial charge is 0.414 e. The minimum atomic E-state index is -4.58. The molecule has 0 N–H and O–H groups in total. The average Bonchev–Trinajstić information content (AvgIpc) is 3.06. The number of ketones is 1. The number of benzene rings is 2. The molecule has 3 unspecified atom stereocenters. The fourth-order valence-corrected chi connectivity index (χ4v) is 5.49. The number of rotatable bonds is 19. The van der Waals surface area contributed by atoms with Crippen molar-refractivity contribution >= 4 is 23.3 Å². The van der Waals surface area contributed by atoms with Gasteiger partial charge in [-0.3, -0.25) is 4.79 Å². The van der Waals surface area contributed by atoms with Crippen molar-refractivity contribution in [2.45, 2.75) is 109 Å². The Balaban J connectivity index is 1.66. The van der Waals surface area contributed by atoms with E-state index in [0.29, 0.717) is 28.7 Å². The van der Waals surface area contributed by atoms with E-state index in [9.17, 15) is 27.6 Å². The Morgan fingerprint density at radius 2 is 1.53 bits per heavy atom. The van der Waals surface area contributed by atoms with Crippen LogP contribution < -0.4 is 0 Å². The minimum Gasteiger partial charge on any atom is -0.462 e. The number of esters is 2. The van der Waals surface area contributed by atoms with Gasteiger partial charge < -0.3 is 14.2 Å². The van der Waals surface area contributed by atoms with Crippen LogP contribution in [0.1, 0.15) is 123 Å². The van der Waals surface area contributed by atoms with Crippen LogP contribution in [0.5, 0.6) is 0 Å². The summed E-state index contributed by atoms with van der Waals surface area (Å²) in [6.45, 7) is 5.66. The lowest BCUT2D eigenvalue weighted by Gasteiger charge is -2.22. The Hall–Kier alpha value is -3.72. The van der Waals surface area contributed by atoms with E-state index in [2.05, 4.69) is 13.8 Å². The van der Waals surface area contributed by atoms with Crippen LogP contribution in [0.15, 0.2) is 66.8 Å². The largest absolute Gasteiger partial charge is 0.462 e. The number of unbranched alkanes of at least 4 members (excludes halogenated alkanes) is 4. The maximum absolute atomic E-state index is 13.7. The third kappa shape index (κ3) is 11.5. The van der Waals surface area contributed by atoms with E-state index in [1.54, 1.807) is 60.7 Å². The zero-order valence-electron chi connectivity index (χ0n) is 27.7. The molecule has 0 spiro atoms. The number of hydrogen-bond donors (Lipinski definition) is 0. The van der Waals surface area contributed by atoms with Gasteiger partial charge in [0.25, 0.3) is 0 Å². The van der Waals surface area contributed by atoms with Gasteiger partial charge in [0.15, 0.2) is 11.9 Å². The third-order valence-corrected chi connectivity index (χ3v) is 8.12. The third-order valence-electron chi connectivity index (χ3n) is 8.12. The lowest BCUT2D eigenvalue weighted by Crippen LogP contribution is -2.33. The normalized spacial score (nSPS) is 16.0. The van der Waals surface area contributed by atoms with Crippen molar-refractivity contribution in [2.75, 3.05) is 13.2 Å². The average molecular weight is 657 g/mol. The summed E-state index contributed by atoms with van der Waals surface area (Å²) in [5.41, 5.74) is 1.88. The molecule has 0 aromatic heterocycles. The highest BCUT2D eigenvalue weighted by Gasteiger charge is 2.40. The van der Waals surface area contributed by atoms with Crippen molar-refractivity contribution in [3.8, 4) is 0 Å². The molecule has 256 valence electrons. The van der Waals surface area contributed by atoms with Crippen LogP contribution in [0, 0.1) is 0 Å². The van der Waals surface area contributed by atoms with Crippen LogP contribution >= 0.6 is 0 Å². The minimum absolute atomic E-state index is 0.0157. The van der Waals surface area contributed by atoms with Crippen LogP contribution in [0.3, 0.4) is 0 Å². The van der Waals surface area contributed by atoms with Gasteiger partial charge in [-0.2, -0.15) is 13.2 Å². The highest BCUT2D eigenvalue weighted by Crippen LogP contribution is 2.33. The number of hydrogen-bond acceptors (Lipinski definition) is 6. The van der Waals surface area contributed by atoms with E-state index < -0.39 is 43.2 Å². The molecule has 0 fully saturated rings. The van der Waals surface area contributed by atoms with Gasteiger partial charge in [0.2, 0.25) is 0 Å². The monoisotopic (exact) mass is 656 g/mol. The molecule has 0 heterocycles. The molecule has 2 aromatic rings. The first-order chi connectivity index (χ1) is 22.6. The number of carbonyl (C=O) groups is 3. The predicted molar refractivity (Wildman–Crippen MR) is 176 cm³/mol. The van der Waals surface area contributed by atoms with E-state index in [1.807, 2.05) is 6.92 Å². The molecule has 0 aliphatic heterocycles. The van der Waals surface area contributed by atoms with E-state index in [-0.39, 0.29) is 24.1 Å². The van der Waals surface area contributed by atoms with Crippen LogP contribution in [0.4, 0.5) is 13.2 Å². The molecule has 1 aliphatic rings. The molecular weight excluding hydrogens is 609 g/mol. The van der Waals surface area contributed by atoms with Gasteiger partial charge in [-0.1, -0.05) is 108 Å². The number of carbonyl (C=O) groups excluding carboxylic acids is 3. The number of allylic oxidation sites excluding steroid dienone is 4. The standard InChI is InChI=1S/C38H47F3O6/c1-4-7-9-12-25-45-34(38(39,40)41)24-26-46-37(44)33-17-11-10-16-31(33)32-19-13-18-30(35(32)42)27-20-22-28(23-21-27)36(43)47-29(14-6-3)15-8-5-2/h10-11,13,16-23,29,32,34H,4-9,12,14-15,24-26H2,1-3H3. The first-order valence-corrected chi connectivity index (χ1v) is 16.8. The molecule has 3 rings (SSSR count). The Morgan fingerprint density at radius 3 is 2.21 bits per heavy atom. The van der Waals surface area contributed by atoms with Gasteiger partial charge in [0, 0.05) is 18.6 Å². The summed E-state index contributed by atoms with van der Waals surface area (Å²) in [5, 5.41) is 0. The van der Waals surface area contributed by atoms with Gasteiger partial charge in [-0.15, -0.1) is 0 Å². The van der Waals surface area contributed by atoms with E-state index in [4.69, 9.17) is 14.2 Å². The van der Waals surface area contributed by atoms with E-state index in [0.717, 1.165) is 51.4 Å². The zero-order valence-corrected chi connectivity index (χ0v) is 27.7. The topological polar surface area (TPSA) is 78.9 Å². The quantitative estimate of drug-likeness (QED) is 0.111. The van der Waals surface area contributed by atoms with E-state index >= 15 is 0 Å². The summed E-state index contributed by atoms with van der Waals surface area (Å²) in [6, 6.07) is 13.1. The van der Waals surface area contributed by atoms with Gasteiger partial charge >= 0.3 is 18.1 Å². The highest BCUT2D eigenvalue weighted by atomic mass is 19.4. The summed E-state index contributed by atoms with van der Waals surface area (Å²) >= 11 is 0. The Labute approximate surface area is 276 Å². The Kier molecular flexibility index (Phi) is 15.4. The Morgan fingerprint density at radius 1 is 0.809 bits per heavy atom. The fraction of sp³-hybridized carbons (Fsp3) is 0.500. The lowest BCUT2D eigenvalue weighted by atomic mass is 9.82. The van der Waals surface area contributed by atoms with Crippen molar-refractivity contribution in [3.63, 3.8) is 0 Å². The van der Waals surface area contributed by atoms with Crippen molar-refractivity contribution in [1.82, 2.24) is 0 Å². The van der Waals surface area contributed by atoms with Crippen LogP contribution in [-0.2, 0) is 19.0 Å². The second-order valence-electron chi connectivity index (χ2n) is 11.8. The summed E-state index contributed by atoms with van der Waals surface area (Å²) in [5.74, 6) is -2.30. The van der Waals surface area contributed by atoms with Gasteiger partial charge in [-0.05, 0) is 48.6 Å². The second-order valence-corrected chi connectivity index (χ2v) is 11.8. The first kappa shape index (κ1) is 37.7. The van der Waals surface area contributed by atoms with Gasteiger partial charge in [-0.25, -0.2) is 9.59 Å². The highest BCUT2D eigenvalue weighted by molar-refractivity contribution is 6.25. The van der Waals surface area contributed by atoms with Crippen LogP contribution in [0.25, 0.3) is 5.57 Å². The molecule has 0 saturated heterocycles. The molecule has 0 radical (unpaired) electrons. The number of ether oxygens (including phenoxy) is 3.